The monoisotopic (exact) mass is 542 g/mol. The van der Waals surface area contributed by atoms with Crippen molar-refractivity contribution in [3.05, 3.63) is 70.8 Å². The molecule has 39 heavy (non-hydrogen) atoms. The van der Waals surface area contributed by atoms with Crippen molar-refractivity contribution in [2.24, 2.45) is 0 Å². The number of pyridine rings is 1. The number of thiophene rings is 1. The first-order valence-corrected chi connectivity index (χ1v) is 13.7. The summed E-state index contributed by atoms with van der Waals surface area (Å²) in [6.45, 7) is 10.8. The zero-order chi connectivity index (χ0) is 27.3. The molecule has 4 aromatic heterocycles. The lowest BCUT2D eigenvalue weighted by molar-refractivity contribution is 0.0227. The van der Waals surface area contributed by atoms with Gasteiger partial charge in [0, 0.05) is 35.6 Å². The first-order valence-electron chi connectivity index (χ1n) is 12.9. The van der Waals surface area contributed by atoms with Gasteiger partial charge in [-0.05, 0) is 76.4 Å². The van der Waals surface area contributed by atoms with Crippen LogP contribution >= 0.6 is 11.3 Å². The zero-order valence-electron chi connectivity index (χ0n) is 22.6. The zero-order valence-corrected chi connectivity index (χ0v) is 23.4. The Kier molecular flexibility index (Phi) is 6.14. The SMILES string of the molecule is Cc1cn2ccc(Oc3ccc(Nc4ncnc5sc6c(c45)CCN(C(=O)OC(C)(C)C)C6)cc3C)cc2n1. The summed E-state index contributed by atoms with van der Waals surface area (Å²) >= 11 is 1.61. The van der Waals surface area contributed by atoms with Gasteiger partial charge in [0.05, 0.1) is 17.6 Å². The summed E-state index contributed by atoms with van der Waals surface area (Å²) in [5.74, 6) is 2.27. The molecule has 0 saturated heterocycles. The van der Waals surface area contributed by atoms with Gasteiger partial charge in [0.1, 0.15) is 39.7 Å². The van der Waals surface area contributed by atoms with Gasteiger partial charge in [-0.25, -0.2) is 19.7 Å². The van der Waals surface area contributed by atoms with Gasteiger partial charge in [-0.1, -0.05) is 0 Å². The van der Waals surface area contributed by atoms with E-state index in [1.165, 1.54) is 5.56 Å². The number of anilines is 2. The van der Waals surface area contributed by atoms with E-state index in [1.807, 2.05) is 81.7 Å². The smallest absolute Gasteiger partial charge is 0.410 e. The molecule has 1 aliphatic rings. The first-order chi connectivity index (χ1) is 18.6. The fourth-order valence-corrected chi connectivity index (χ4v) is 5.97. The number of carbonyl (C=O) groups excluding carboxylic acids is 1. The van der Waals surface area contributed by atoms with Crippen LogP contribution in [0.25, 0.3) is 15.9 Å². The highest BCUT2D eigenvalue weighted by Gasteiger charge is 2.29. The van der Waals surface area contributed by atoms with Gasteiger partial charge in [0.15, 0.2) is 0 Å². The van der Waals surface area contributed by atoms with E-state index in [1.54, 1.807) is 22.6 Å². The van der Waals surface area contributed by atoms with Crippen LogP contribution in [0.15, 0.2) is 49.1 Å². The molecular weight excluding hydrogens is 512 g/mol. The second kappa shape index (κ2) is 9.53. The number of aromatic nitrogens is 4. The standard InChI is InChI=1S/C29H30N6O3S/c1-17-12-19(6-7-22(17)37-20-8-10-34-14-18(2)32-24(34)13-20)33-26-25-21-9-11-35(28(36)38-29(3,4)5)15-23(21)39-27(25)31-16-30-26/h6-8,10,12-14,16H,9,11,15H2,1-5H3,(H,30,31,33). The number of aryl methyl sites for hydroxylation is 2. The highest BCUT2D eigenvalue weighted by Crippen LogP contribution is 2.39. The molecule has 1 N–H and O–H groups in total. The van der Waals surface area contributed by atoms with Gasteiger partial charge in [-0.15, -0.1) is 11.3 Å². The van der Waals surface area contributed by atoms with Gasteiger partial charge in [0.2, 0.25) is 0 Å². The molecule has 0 saturated carbocycles. The molecular formula is C29H30N6O3S. The molecule has 10 heteroatoms. The lowest BCUT2D eigenvalue weighted by Gasteiger charge is -2.30. The summed E-state index contributed by atoms with van der Waals surface area (Å²) in [6.07, 6.45) is 5.95. The van der Waals surface area contributed by atoms with Crippen LogP contribution in [0.5, 0.6) is 11.5 Å². The summed E-state index contributed by atoms with van der Waals surface area (Å²) in [5, 5.41) is 4.50. The number of ether oxygens (including phenoxy) is 2. The molecule has 0 atom stereocenters. The third-order valence-corrected chi connectivity index (χ3v) is 7.63. The number of imidazole rings is 1. The Balaban J connectivity index is 1.22. The van der Waals surface area contributed by atoms with E-state index in [-0.39, 0.29) is 6.09 Å². The van der Waals surface area contributed by atoms with Crippen molar-refractivity contribution in [1.82, 2.24) is 24.3 Å². The normalized spacial score (nSPS) is 13.5. The number of hydrogen-bond donors (Lipinski definition) is 1. The number of amides is 1. The maximum Gasteiger partial charge on any atom is 0.410 e. The molecule has 1 amide bonds. The number of carbonyl (C=O) groups is 1. The molecule has 5 aromatic rings. The average Bonchev–Trinajstić information content (AvgIpc) is 3.43. The molecule has 0 unspecified atom stereocenters. The number of benzene rings is 1. The highest BCUT2D eigenvalue weighted by atomic mass is 32.1. The number of nitrogens with one attached hydrogen (secondary N) is 1. The molecule has 0 aliphatic carbocycles. The van der Waals surface area contributed by atoms with Crippen LogP contribution in [0.4, 0.5) is 16.3 Å². The van der Waals surface area contributed by atoms with Crippen LogP contribution in [0, 0.1) is 13.8 Å². The van der Waals surface area contributed by atoms with Crippen LogP contribution < -0.4 is 10.1 Å². The van der Waals surface area contributed by atoms with Crippen molar-refractivity contribution in [1.29, 1.82) is 0 Å². The topological polar surface area (TPSA) is 93.9 Å². The highest BCUT2D eigenvalue weighted by molar-refractivity contribution is 7.19. The van der Waals surface area contributed by atoms with E-state index in [0.29, 0.717) is 13.1 Å². The lowest BCUT2D eigenvalue weighted by atomic mass is 10.1. The second-order valence-electron chi connectivity index (χ2n) is 10.8. The molecule has 1 aromatic carbocycles. The summed E-state index contributed by atoms with van der Waals surface area (Å²) in [7, 11) is 0. The Labute approximate surface area is 230 Å². The number of fused-ring (bicyclic) bond motifs is 4. The largest absolute Gasteiger partial charge is 0.457 e. The Morgan fingerprint density at radius 2 is 1.97 bits per heavy atom. The molecule has 0 fully saturated rings. The Hall–Kier alpha value is -4.18. The van der Waals surface area contributed by atoms with E-state index in [2.05, 4.69) is 20.3 Å². The Morgan fingerprint density at radius 3 is 2.77 bits per heavy atom. The quantitative estimate of drug-likeness (QED) is 0.267. The fourth-order valence-electron chi connectivity index (χ4n) is 4.76. The lowest BCUT2D eigenvalue weighted by Crippen LogP contribution is -2.39. The molecule has 200 valence electrons. The number of nitrogens with zero attached hydrogens (tertiary/aromatic N) is 5. The second-order valence-corrected chi connectivity index (χ2v) is 11.9. The molecule has 0 spiro atoms. The maximum atomic E-state index is 12.6. The van der Waals surface area contributed by atoms with Crippen molar-refractivity contribution >= 4 is 44.8 Å². The summed E-state index contributed by atoms with van der Waals surface area (Å²) in [4.78, 5) is 30.0. The van der Waals surface area contributed by atoms with Crippen molar-refractivity contribution in [2.75, 3.05) is 11.9 Å². The van der Waals surface area contributed by atoms with Gasteiger partial charge in [-0.3, -0.25) is 0 Å². The third kappa shape index (κ3) is 5.12. The van der Waals surface area contributed by atoms with Crippen LogP contribution in [0.3, 0.4) is 0 Å². The predicted molar refractivity (Wildman–Crippen MR) is 152 cm³/mol. The molecule has 9 nitrogen and oxygen atoms in total. The fraction of sp³-hybridized carbons (Fsp3) is 0.310. The molecule has 5 heterocycles. The first kappa shape index (κ1) is 25.1. The van der Waals surface area contributed by atoms with Crippen LogP contribution in [-0.2, 0) is 17.7 Å². The molecule has 0 radical (unpaired) electrons. The van der Waals surface area contributed by atoms with Gasteiger partial charge in [-0.2, -0.15) is 0 Å². The minimum Gasteiger partial charge on any atom is -0.457 e. The number of hydrogen-bond acceptors (Lipinski definition) is 8. The number of rotatable bonds is 4. The van der Waals surface area contributed by atoms with E-state index in [9.17, 15) is 4.79 Å². The predicted octanol–water partition coefficient (Wildman–Crippen LogP) is 6.78. The van der Waals surface area contributed by atoms with Crippen molar-refractivity contribution in [3.63, 3.8) is 0 Å². The van der Waals surface area contributed by atoms with Crippen molar-refractivity contribution in [3.8, 4) is 11.5 Å². The summed E-state index contributed by atoms with van der Waals surface area (Å²) < 4.78 is 13.7. The summed E-state index contributed by atoms with van der Waals surface area (Å²) in [6, 6.07) is 9.85. The van der Waals surface area contributed by atoms with E-state index >= 15 is 0 Å². The van der Waals surface area contributed by atoms with Crippen molar-refractivity contribution < 1.29 is 14.3 Å². The minimum atomic E-state index is -0.522. The molecule has 0 bridgehead atoms. The van der Waals surface area contributed by atoms with Gasteiger partial charge >= 0.3 is 6.09 Å². The van der Waals surface area contributed by atoms with E-state index in [0.717, 1.165) is 61.4 Å². The minimum absolute atomic E-state index is 0.285. The van der Waals surface area contributed by atoms with E-state index in [4.69, 9.17) is 9.47 Å². The average molecular weight is 543 g/mol. The van der Waals surface area contributed by atoms with Gasteiger partial charge in [0.25, 0.3) is 0 Å². The maximum absolute atomic E-state index is 12.6. The van der Waals surface area contributed by atoms with Crippen LogP contribution in [-0.4, -0.2) is 42.5 Å². The summed E-state index contributed by atoms with van der Waals surface area (Å²) in [5.41, 5.74) is 4.38. The van der Waals surface area contributed by atoms with Crippen molar-refractivity contribution in [2.45, 2.75) is 53.2 Å². The Bertz CT molecular complexity index is 1720. The Morgan fingerprint density at radius 1 is 1.13 bits per heavy atom. The molecule has 6 rings (SSSR count). The van der Waals surface area contributed by atoms with Crippen LogP contribution in [0.1, 0.15) is 42.5 Å². The van der Waals surface area contributed by atoms with Gasteiger partial charge < -0.3 is 24.1 Å². The van der Waals surface area contributed by atoms with Crippen LogP contribution in [0.2, 0.25) is 0 Å². The third-order valence-electron chi connectivity index (χ3n) is 6.51. The molecule has 1 aliphatic heterocycles. The van der Waals surface area contributed by atoms with E-state index < -0.39 is 5.60 Å².